The number of hydrogen-bond donors (Lipinski definition) is 0. The molecule has 29 heavy (non-hydrogen) atoms. The van der Waals surface area contributed by atoms with Crippen LogP contribution in [0.2, 0.25) is 0 Å². The van der Waals surface area contributed by atoms with Gasteiger partial charge in [-0.1, -0.05) is 42.5 Å². The summed E-state index contributed by atoms with van der Waals surface area (Å²) < 4.78 is 5.21. The number of anilines is 1. The van der Waals surface area contributed by atoms with Crippen LogP contribution in [0.4, 0.5) is 5.69 Å². The van der Waals surface area contributed by atoms with E-state index in [2.05, 4.69) is 0 Å². The quantitative estimate of drug-likeness (QED) is 0.475. The Labute approximate surface area is 168 Å². The monoisotopic (exact) mass is 387 g/mol. The molecule has 4 rings (SSSR count). The van der Waals surface area contributed by atoms with Crippen molar-refractivity contribution in [3.63, 3.8) is 0 Å². The van der Waals surface area contributed by atoms with Gasteiger partial charge in [-0.15, -0.1) is 0 Å². The normalized spacial score (nSPS) is 13.7. The van der Waals surface area contributed by atoms with Gasteiger partial charge in [0.2, 0.25) is 5.91 Å². The van der Waals surface area contributed by atoms with Crippen molar-refractivity contribution in [3.8, 4) is 0 Å². The summed E-state index contributed by atoms with van der Waals surface area (Å²) in [6.07, 6.45) is 1.53. The summed E-state index contributed by atoms with van der Waals surface area (Å²) in [5.74, 6) is -0.601. The third kappa shape index (κ3) is 4.19. The van der Waals surface area contributed by atoms with Gasteiger partial charge in [0, 0.05) is 24.2 Å². The van der Waals surface area contributed by atoms with Gasteiger partial charge in [-0.2, -0.15) is 0 Å². The Kier molecular flexibility index (Phi) is 5.38. The lowest BCUT2D eigenvalue weighted by atomic mass is 10.0. The zero-order chi connectivity index (χ0) is 20.2. The second-order valence-electron chi connectivity index (χ2n) is 7.09. The standard InChI is InChI=1S/C24H21NO4/c26-22(18-10-12-20(13-11-18)25-14-4-9-23(25)27)16-29-24(28)15-19-7-3-6-17-5-1-2-8-21(17)19/h1-3,5-8,10-13H,4,9,14-16H2. The number of rotatable bonds is 6. The largest absolute Gasteiger partial charge is 0.457 e. The Morgan fingerprint density at radius 2 is 1.69 bits per heavy atom. The molecule has 1 heterocycles. The first-order valence-corrected chi connectivity index (χ1v) is 9.68. The highest BCUT2D eigenvalue weighted by Crippen LogP contribution is 2.22. The van der Waals surface area contributed by atoms with Crippen LogP contribution in [0.25, 0.3) is 10.8 Å². The molecule has 5 nitrogen and oxygen atoms in total. The SMILES string of the molecule is O=C(Cc1cccc2ccccc12)OCC(=O)c1ccc(N2CCCC2=O)cc1. The average molecular weight is 387 g/mol. The van der Waals surface area contributed by atoms with Crippen molar-refractivity contribution in [2.24, 2.45) is 0 Å². The lowest BCUT2D eigenvalue weighted by Gasteiger charge is -2.15. The molecule has 1 fully saturated rings. The van der Waals surface area contributed by atoms with Gasteiger partial charge >= 0.3 is 5.97 Å². The number of fused-ring (bicyclic) bond motifs is 1. The number of hydrogen-bond acceptors (Lipinski definition) is 4. The predicted molar refractivity (Wildman–Crippen MR) is 111 cm³/mol. The smallest absolute Gasteiger partial charge is 0.310 e. The highest BCUT2D eigenvalue weighted by molar-refractivity contribution is 6.00. The van der Waals surface area contributed by atoms with Crippen LogP contribution in [-0.4, -0.2) is 30.8 Å². The maximum Gasteiger partial charge on any atom is 0.310 e. The maximum atomic E-state index is 12.4. The number of esters is 1. The molecule has 1 amide bonds. The van der Waals surface area contributed by atoms with E-state index in [9.17, 15) is 14.4 Å². The molecule has 0 N–H and O–H groups in total. The van der Waals surface area contributed by atoms with Gasteiger partial charge in [0.25, 0.3) is 0 Å². The average Bonchev–Trinajstić information content (AvgIpc) is 3.18. The van der Waals surface area contributed by atoms with Crippen LogP contribution in [0.5, 0.6) is 0 Å². The lowest BCUT2D eigenvalue weighted by Crippen LogP contribution is -2.23. The number of nitrogens with zero attached hydrogens (tertiary/aromatic N) is 1. The maximum absolute atomic E-state index is 12.4. The fourth-order valence-corrected chi connectivity index (χ4v) is 3.63. The summed E-state index contributed by atoms with van der Waals surface area (Å²) in [6.45, 7) is 0.406. The first-order chi connectivity index (χ1) is 14.1. The third-order valence-corrected chi connectivity index (χ3v) is 5.15. The molecule has 3 aromatic carbocycles. The Morgan fingerprint density at radius 3 is 2.45 bits per heavy atom. The highest BCUT2D eigenvalue weighted by atomic mass is 16.5. The molecule has 5 heteroatoms. The summed E-state index contributed by atoms with van der Waals surface area (Å²) in [6, 6.07) is 20.5. The molecule has 0 unspecified atom stereocenters. The molecular formula is C24H21NO4. The van der Waals surface area contributed by atoms with E-state index >= 15 is 0 Å². The third-order valence-electron chi connectivity index (χ3n) is 5.15. The minimum atomic E-state index is -0.436. The van der Waals surface area contributed by atoms with Crippen LogP contribution in [-0.2, 0) is 20.7 Å². The second-order valence-corrected chi connectivity index (χ2v) is 7.09. The molecule has 0 aromatic heterocycles. The molecule has 1 aliphatic rings. The molecule has 0 saturated carbocycles. The summed E-state index contributed by atoms with van der Waals surface area (Å²) in [4.78, 5) is 38.1. The van der Waals surface area contributed by atoms with E-state index in [1.165, 1.54) is 0 Å². The van der Waals surface area contributed by atoms with E-state index in [1.807, 2.05) is 42.5 Å². The summed E-state index contributed by atoms with van der Waals surface area (Å²) in [5, 5.41) is 2.07. The van der Waals surface area contributed by atoms with Crippen LogP contribution < -0.4 is 4.90 Å². The molecule has 0 bridgehead atoms. The van der Waals surface area contributed by atoms with Gasteiger partial charge in [-0.05, 0) is 47.0 Å². The minimum absolute atomic E-state index is 0.103. The number of ether oxygens (including phenoxy) is 1. The van der Waals surface area contributed by atoms with Gasteiger partial charge in [-0.25, -0.2) is 0 Å². The molecule has 1 aliphatic heterocycles. The molecule has 3 aromatic rings. The van der Waals surface area contributed by atoms with Crippen molar-refractivity contribution in [1.29, 1.82) is 0 Å². The highest BCUT2D eigenvalue weighted by Gasteiger charge is 2.21. The number of benzene rings is 3. The summed E-state index contributed by atoms with van der Waals surface area (Å²) in [5.41, 5.74) is 2.12. The van der Waals surface area contributed by atoms with E-state index in [0.29, 0.717) is 18.5 Å². The van der Waals surface area contributed by atoms with E-state index in [0.717, 1.165) is 28.4 Å². The predicted octanol–water partition coefficient (Wildman–Crippen LogP) is 3.94. The first-order valence-electron chi connectivity index (χ1n) is 9.68. The van der Waals surface area contributed by atoms with Crippen LogP contribution >= 0.6 is 0 Å². The Morgan fingerprint density at radius 1 is 0.931 bits per heavy atom. The second kappa shape index (κ2) is 8.27. The van der Waals surface area contributed by atoms with Crippen molar-refractivity contribution in [3.05, 3.63) is 77.9 Å². The lowest BCUT2D eigenvalue weighted by molar-refractivity contribution is -0.141. The summed E-state index contributed by atoms with van der Waals surface area (Å²) >= 11 is 0. The molecule has 0 atom stereocenters. The summed E-state index contributed by atoms with van der Waals surface area (Å²) in [7, 11) is 0. The van der Waals surface area contributed by atoms with E-state index < -0.39 is 5.97 Å². The van der Waals surface area contributed by atoms with Crippen molar-refractivity contribution in [1.82, 2.24) is 0 Å². The molecule has 0 spiro atoms. The fourth-order valence-electron chi connectivity index (χ4n) is 3.63. The number of carbonyl (C=O) groups excluding carboxylic acids is 3. The van der Waals surface area contributed by atoms with E-state index in [1.54, 1.807) is 29.2 Å². The Bertz CT molecular complexity index is 1070. The van der Waals surface area contributed by atoms with Crippen molar-refractivity contribution < 1.29 is 19.1 Å². The number of Topliss-reactive ketones (excluding diaryl/α,β-unsaturated/α-hetero) is 1. The first kappa shape index (κ1) is 18.9. The number of carbonyl (C=O) groups is 3. The van der Waals surface area contributed by atoms with Crippen LogP contribution in [0.3, 0.4) is 0 Å². The fraction of sp³-hybridized carbons (Fsp3) is 0.208. The van der Waals surface area contributed by atoms with Gasteiger partial charge in [0.15, 0.2) is 12.4 Å². The van der Waals surface area contributed by atoms with E-state index in [-0.39, 0.29) is 24.7 Å². The molecular weight excluding hydrogens is 366 g/mol. The van der Waals surface area contributed by atoms with Crippen LogP contribution in [0.1, 0.15) is 28.8 Å². The topological polar surface area (TPSA) is 63.7 Å². The zero-order valence-electron chi connectivity index (χ0n) is 16.0. The molecule has 0 radical (unpaired) electrons. The Hall–Kier alpha value is -3.47. The van der Waals surface area contributed by atoms with Crippen LogP contribution in [0, 0.1) is 0 Å². The van der Waals surface area contributed by atoms with Gasteiger partial charge < -0.3 is 9.64 Å². The van der Waals surface area contributed by atoms with Crippen LogP contribution in [0.15, 0.2) is 66.7 Å². The zero-order valence-corrected chi connectivity index (χ0v) is 16.0. The molecule has 0 aliphatic carbocycles. The van der Waals surface area contributed by atoms with Crippen molar-refractivity contribution in [2.75, 3.05) is 18.1 Å². The molecule has 146 valence electrons. The van der Waals surface area contributed by atoms with Gasteiger partial charge in [-0.3, -0.25) is 14.4 Å². The van der Waals surface area contributed by atoms with Crippen molar-refractivity contribution in [2.45, 2.75) is 19.3 Å². The number of ketones is 1. The van der Waals surface area contributed by atoms with Gasteiger partial charge in [0.1, 0.15) is 0 Å². The van der Waals surface area contributed by atoms with E-state index in [4.69, 9.17) is 4.74 Å². The van der Waals surface area contributed by atoms with Crippen molar-refractivity contribution >= 4 is 34.1 Å². The van der Waals surface area contributed by atoms with Gasteiger partial charge in [0.05, 0.1) is 6.42 Å². The Balaban J connectivity index is 1.35. The molecule has 1 saturated heterocycles. The number of amides is 1. The minimum Gasteiger partial charge on any atom is -0.457 e.